The molecule has 0 aromatic carbocycles. The molecule has 1 amide bonds. The normalized spacial score (nSPS) is 16.3. The largest absolute Gasteiger partial charge is 0.333 e. The lowest BCUT2D eigenvalue weighted by molar-refractivity contribution is -0.130. The highest BCUT2D eigenvalue weighted by atomic mass is 79.9. The number of nitrogens with zero attached hydrogens (tertiary/aromatic N) is 3. The second kappa shape index (κ2) is 9.03. The van der Waals surface area contributed by atoms with Gasteiger partial charge in [0.15, 0.2) is 0 Å². The van der Waals surface area contributed by atoms with Crippen LogP contribution in [0.1, 0.15) is 42.6 Å². The molecule has 9 heteroatoms. The minimum absolute atomic E-state index is 0.152. The van der Waals surface area contributed by atoms with Crippen molar-refractivity contribution in [1.82, 2.24) is 20.2 Å². The molecule has 25 heavy (non-hydrogen) atoms. The molecule has 2 aliphatic carbocycles. The number of rotatable bonds is 6. The van der Waals surface area contributed by atoms with Crippen LogP contribution in [0.15, 0.2) is 20.0 Å². The van der Waals surface area contributed by atoms with E-state index in [0.717, 1.165) is 39.6 Å². The first-order valence-corrected chi connectivity index (χ1v) is 11.6. The number of aromatic nitrogens is 2. The Morgan fingerprint density at radius 2 is 1.76 bits per heavy atom. The van der Waals surface area contributed by atoms with E-state index in [9.17, 15) is 4.79 Å². The van der Waals surface area contributed by atoms with Crippen LogP contribution in [-0.2, 0) is 17.9 Å². The molecule has 2 aromatic heterocycles. The van der Waals surface area contributed by atoms with Gasteiger partial charge < -0.3 is 10.2 Å². The van der Waals surface area contributed by atoms with E-state index in [0.29, 0.717) is 12.6 Å². The Morgan fingerprint density at radius 1 is 1.16 bits per heavy atom. The maximum Gasteiger partial charge on any atom is 0.220 e. The van der Waals surface area contributed by atoms with E-state index >= 15 is 0 Å². The fraction of sp³-hybridized carbons (Fsp3) is 0.562. The summed E-state index contributed by atoms with van der Waals surface area (Å²) in [7, 11) is 0. The predicted molar refractivity (Wildman–Crippen MR) is 109 cm³/mol. The van der Waals surface area contributed by atoms with Gasteiger partial charge in [-0.05, 0) is 57.5 Å². The van der Waals surface area contributed by atoms with Gasteiger partial charge in [0.25, 0.3) is 0 Å². The van der Waals surface area contributed by atoms with Crippen molar-refractivity contribution in [3.8, 4) is 0 Å². The molecule has 0 atom stereocenters. The number of hydrogen-bond acceptors (Lipinski definition) is 6. The standard InChI is InChI=1S/C9H11BrN2OS.C7H9BrN2S/c1-6(13)12(7-2-3-7)4-9-11-8(10)5-14-9;8-6-4-11-7(10-6)3-9-5-1-2-5/h5,7H,2-4H2,1H3;4-5,9H,1-3H2. The van der Waals surface area contributed by atoms with E-state index in [2.05, 4.69) is 47.1 Å². The molecule has 1 N–H and O–H groups in total. The molecule has 4 rings (SSSR count). The highest BCUT2D eigenvalue weighted by Crippen LogP contribution is 2.29. The number of carbonyl (C=O) groups is 1. The van der Waals surface area contributed by atoms with Gasteiger partial charge in [-0.1, -0.05) is 0 Å². The Bertz CT molecular complexity index is 713. The average Bonchev–Trinajstić information content (AvgIpc) is 3.49. The molecule has 2 fully saturated rings. The Hall–Kier alpha value is -0.350. The maximum absolute atomic E-state index is 11.3. The van der Waals surface area contributed by atoms with E-state index < -0.39 is 0 Å². The molecule has 2 aromatic rings. The number of hydrogen-bond donors (Lipinski definition) is 1. The lowest BCUT2D eigenvalue weighted by Gasteiger charge is -2.18. The number of carbonyl (C=O) groups excluding carboxylic acids is 1. The van der Waals surface area contributed by atoms with Gasteiger partial charge in [-0.15, -0.1) is 22.7 Å². The van der Waals surface area contributed by atoms with Crippen molar-refractivity contribution in [2.24, 2.45) is 0 Å². The zero-order valence-corrected chi connectivity index (χ0v) is 18.7. The van der Waals surface area contributed by atoms with Crippen molar-refractivity contribution in [3.05, 3.63) is 30.0 Å². The van der Waals surface area contributed by atoms with Crippen LogP contribution < -0.4 is 5.32 Å². The van der Waals surface area contributed by atoms with Crippen molar-refractivity contribution in [1.29, 1.82) is 0 Å². The molecular weight excluding hydrogens is 488 g/mol. The lowest BCUT2D eigenvalue weighted by Crippen LogP contribution is -2.30. The SMILES string of the molecule is Brc1csc(CNC2CC2)n1.CC(=O)N(Cc1nc(Br)cs1)C1CC1. The predicted octanol–water partition coefficient (Wildman–Crippen LogP) is 4.57. The number of thiazole rings is 2. The van der Waals surface area contributed by atoms with E-state index in [1.165, 1.54) is 17.8 Å². The molecular formula is C16H20Br2N4OS2. The van der Waals surface area contributed by atoms with Crippen LogP contribution in [0, 0.1) is 0 Å². The zero-order valence-electron chi connectivity index (χ0n) is 13.9. The molecule has 136 valence electrons. The summed E-state index contributed by atoms with van der Waals surface area (Å²) in [6, 6.07) is 1.24. The summed E-state index contributed by atoms with van der Waals surface area (Å²) in [5.74, 6) is 0.152. The van der Waals surface area contributed by atoms with Crippen molar-refractivity contribution in [2.45, 2.75) is 57.8 Å². The average molecular weight is 508 g/mol. The van der Waals surface area contributed by atoms with Gasteiger partial charge in [0.1, 0.15) is 19.2 Å². The minimum Gasteiger partial charge on any atom is -0.333 e. The first kappa shape index (κ1) is 19.4. The van der Waals surface area contributed by atoms with Crippen LogP contribution in [0.25, 0.3) is 0 Å². The molecule has 0 aliphatic heterocycles. The first-order chi connectivity index (χ1) is 12.0. The number of nitrogens with one attached hydrogen (secondary N) is 1. The molecule has 0 saturated heterocycles. The van der Waals surface area contributed by atoms with Crippen LogP contribution >= 0.6 is 54.5 Å². The summed E-state index contributed by atoms with van der Waals surface area (Å²) in [5, 5.41) is 9.55. The van der Waals surface area contributed by atoms with Crippen molar-refractivity contribution < 1.29 is 4.79 Å². The maximum atomic E-state index is 11.3. The Labute approximate surface area is 172 Å². The smallest absolute Gasteiger partial charge is 0.220 e. The first-order valence-electron chi connectivity index (χ1n) is 8.21. The molecule has 2 aliphatic rings. The van der Waals surface area contributed by atoms with Crippen LogP contribution in [-0.4, -0.2) is 32.9 Å². The summed E-state index contributed by atoms with van der Waals surface area (Å²) in [5.41, 5.74) is 0. The van der Waals surface area contributed by atoms with Crippen LogP contribution in [0.3, 0.4) is 0 Å². The second-order valence-electron chi connectivity index (χ2n) is 6.16. The van der Waals surface area contributed by atoms with E-state index in [1.54, 1.807) is 29.6 Å². The summed E-state index contributed by atoms with van der Waals surface area (Å²) in [4.78, 5) is 21.8. The number of halogens is 2. The summed E-state index contributed by atoms with van der Waals surface area (Å²) in [6.07, 6.45) is 4.97. The van der Waals surface area contributed by atoms with Gasteiger partial charge in [0.05, 0.1) is 6.54 Å². The van der Waals surface area contributed by atoms with Gasteiger partial charge in [-0.25, -0.2) is 9.97 Å². The van der Waals surface area contributed by atoms with Gasteiger partial charge in [0.2, 0.25) is 5.91 Å². The Balaban J connectivity index is 0.000000150. The Kier molecular flexibility index (Phi) is 7.01. The fourth-order valence-electron chi connectivity index (χ4n) is 2.28. The van der Waals surface area contributed by atoms with Crippen LogP contribution in [0.4, 0.5) is 0 Å². The molecule has 0 radical (unpaired) electrons. The topological polar surface area (TPSA) is 58.1 Å². The van der Waals surface area contributed by atoms with Crippen molar-refractivity contribution >= 4 is 60.4 Å². The third-order valence-corrected chi connectivity index (χ3v) is 6.97. The van der Waals surface area contributed by atoms with Crippen molar-refractivity contribution in [2.75, 3.05) is 0 Å². The molecule has 2 saturated carbocycles. The van der Waals surface area contributed by atoms with Gasteiger partial charge in [0, 0.05) is 36.3 Å². The van der Waals surface area contributed by atoms with Gasteiger partial charge >= 0.3 is 0 Å². The molecule has 0 spiro atoms. The molecule has 5 nitrogen and oxygen atoms in total. The fourth-order valence-corrected chi connectivity index (χ4v) is 4.76. The third kappa shape index (κ3) is 6.71. The van der Waals surface area contributed by atoms with Gasteiger partial charge in [-0.2, -0.15) is 0 Å². The Morgan fingerprint density at radius 3 is 2.20 bits per heavy atom. The second-order valence-corrected chi connectivity index (χ2v) is 9.67. The van der Waals surface area contributed by atoms with Gasteiger partial charge in [-0.3, -0.25) is 4.79 Å². The lowest BCUT2D eigenvalue weighted by atomic mass is 10.4. The van der Waals surface area contributed by atoms with Crippen LogP contribution in [0.5, 0.6) is 0 Å². The molecule has 0 bridgehead atoms. The van der Waals surface area contributed by atoms with Crippen LogP contribution in [0.2, 0.25) is 0 Å². The van der Waals surface area contributed by atoms with E-state index in [1.807, 2.05) is 15.7 Å². The summed E-state index contributed by atoms with van der Waals surface area (Å²) >= 11 is 9.92. The molecule has 0 unspecified atom stereocenters. The quantitative estimate of drug-likeness (QED) is 0.621. The van der Waals surface area contributed by atoms with E-state index in [-0.39, 0.29) is 5.91 Å². The zero-order chi connectivity index (χ0) is 17.8. The van der Waals surface area contributed by atoms with Crippen molar-refractivity contribution in [3.63, 3.8) is 0 Å². The monoisotopic (exact) mass is 506 g/mol. The third-order valence-electron chi connectivity index (χ3n) is 3.86. The highest BCUT2D eigenvalue weighted by Gasteiger charge is 2.31. The van der Waals surface area contributed by atoms with E-state index in [4.69, 9.17) is 0 Å². The minimum atomic E-state index is 0.152. The summed E-state index contributed by atoms with van der Waals surface area (Å²) < 4.78 is 1.81. The summed E-state index contributed by atoms with van der Waals surface area (Å²) in [6.45, 7) is 3.22. The number of amides is 1. The molecule has 2 heterocycles. The highest BCUT2D eigenvalue weighted by molar-refractivity contribution is 9.10.